The van der Waals surface area contributed by atoms with Gasteiger partial charge in [0.2, 0.25) is 5.95 Å². The number of hydrogen-bond donors (Lipinski definition) is 2. The minimum atomic E-state index is -5.08. The first-order valence-electron chi connectivity index (χ1n) is 13.1. The lowest BCUT2D eigenvalue weighted by Crippen LogP contribution is -2.41. The van der Waals surface area contributed by atoms with Crippen LogP contribution in [0.15, 0.2) is 45.5 Å². The third kappa shape index (κ3) is 6.14. The number of halogens is 4. The molecule has 2 atom stereocenters. The van der Waals surface area contributed by atoms with Crippen LogP contribution in [0, 0.1) is 5.92 Å². The van der Waals surface area contributed by atoms with E-state index in [1.807, 2.05) is 24.5 Å². The van der Waals surface area contributed by atoms with Gasteiger partial charge in [0.15, 0.2) is 16.9 Å². The summed E-state index contributed by atoms with van der Waals surface area (Å²) in [5.41, 5.74) is 0.930. The first-order valence-corrected chi connectivity index (χ1v) is 13.5. The second kappa shape index (κ2) is 12.1. The van der Waals surface area contributed by atoms with E-state index in [1.165, 1.54) is 4.57 Å². The molecule has 0 bridgehead atoms. The van der Waals surface area contributed by atoms with E-state index in [-0.39, 0.29) is 10.6 Å². The van der Waals surface area contributed by atoms with Gasteiger partial charge in [-0.25, -0.2) is 9.59 Å². The Morgan fingerprint density at radius 1 is 1.17 bits per heavy atom. The normalized spacial score (nSPS) is 18.0. The predicted molar refractivity (Wildman–Crippen MR) is 150 cm³/mol. The lowest BCUT2D eigenvalue weighted by molar-refractivity contribution is -0.192. The molecule has 3 aromatic rings. The molecule has 0 aliphatic carbocycles. The molecule has 4 heterocycles. The molecular weight excluding hydrogens is 581 g/mol. The van der Waals surface area contributed by atoms with E-state index in [0.717, 1.165) is 36.2 Å². The summed E-state index contributed by atoms with van der Waals surface area (Å²) in [4.78, 5) is 55.9. The summed E-state index contributed by atoms with van der Waals surface area (Å²) in [5.74, 6) is -1.92. The van der Waals surface area contributed by atoms with Crippen LogP contribution in [0.5, 0.6) is 0 Å². The largest absolute Gasteiger partial charge is 0.490 e. The standard InChI is InChI=1S/C25H29ClN6O3.C2HF3O2/c1-15(2)8-10-31-21-22(28-24(31)30-11-9-16-12-27-13-19(16)30)29(3)25(35)32(23(21)34)14-20(33)17-6-4-5-7-18(17)26;3-2(4,5)1(6)7/h4-8,16,19,27H,9-14H2,1-3H3;(H,6,7). The van der Waals surface area contributed by atoms with Crippen LogP contribution < -0.4 is 21.5 Å². The summed E-state index contributed by atoms with van der Waals surface area (Å²) in [6.07, 6.45) is -1.99. The average molecular weight is 611 g/mol. The van der Waals surface area contributed by atoms with Crippen LogP contribution >= 0.6 is 11.6 Å². The number of carbonyl (C=O) groups excluding carboxylic acids is 1. The maximum Gasteiger partial charge on any atom is 0.490 e. The molecule has 0 saturated carbocycles. The highest BCUT2D eigenvalue weighted by Gasteiger charge is 2.40. The Bertz CT molecular complexity index is 1670. The molecule has 2 unspecified atom stereocenters. The Morgan fingerprint density at radius 3 is 2.45 bits per heavy atom. The Labute approximate surface area is 242 Å². The summed E-state index contributed by atoms with van der Waals surface area (Å²) < 4.78 is 36.0. The topological polar surface area (TPSA) is 131 Å². The molecule has 15 heteroatoms. The van der Waals surface area contributed by atoms with Crippen molar-refractivity contribution in [2.75, 3.05) is 24.5 Å². The fourth-order valence-corrected chi connectivity index (χ4v) is 5.42. The molecule has 42 heavy (non-hydrogen) atoms. The van der Waals surface area contributed by atoms with Crippen molar-refractivity contribution in [2.45, 2.75) is 45.6 Å². The van der Waals surface area contributed by atoms with Crippen LogP contribution in [0.3, 0.4) is 0 Å². The summed E-state index contributed by atoms with van der Waals surface area (Å²) in [6, 6.07) is 6.93. The van der Waals surface area contributed by atoms with Crippen molar-refractivity contribution in [1.29, 1.82) is 0 Å². The number of hydrogen-bond acceptors (Lipinski definition) is 7. The number of allylic oxidation sites excluding steroid dienone is 2. The molecule has 0 radical (unpaired) electrons. The minimum Gasteiger partial charge on any atom is -0.475 e. The van der Waals surface area contributed by atoms with E-state index in [0.29, 0.717) is 35.6 Å². The number of aliphatic carboxylic acids is 1. The van der Waals surface area contributed by atoms with Crippen molar-refractivity contribution in [3.63, 3.8) is 0 Å². The fraction of sp³-hybridized carbons (Fsp3) is 0.444. The molecule has 2 saturated heterocycles. The number of Topliss-reactive ketones (excluding diaryl/α,β-unsaturated/α-hetero) is 1. The molecule has 0 amide bonds. The van der Waals surface area contributed by atoms with Crippen LogP contribution in [0.1, 0.15) is 30.6 Å². The van der Waals surface area contributed by atoms with Gasteiger partial charge in [0.1, 0.15) is 0 Å². The van der Waals surface area contributed by atoms with Crippen molar-refractivity contribution in [2.24, 2.45) is 13.0 Å². The van der Waals surface area contributed by atoms with Gasteiger partial charge >= 0.3 is 17.8 Å². The van der Waals surface area contributed by atoms with Crippen molar-refractivity contribution in [3.05, 3.63) is 67.3 Å². The number of aromatic nitrogens is 4. The highest BCUT2D eigenvalue weighted by Crippen LogP contribution is 2.33. The van der Waals surface area contributed by atoms with Gasteiger partial charge in [0.25, 0.3) is 5.56 Å². The van der Waals surface area contributed by atoms with Crippen LogP contribution in [-0.4, -0.2) is 67.4 Å². The van der Waals surface area contributed by atoms with Crippen molar-refractivity contribution in [3.8, 4) is 0 Å². The molecule has 11 nitrogen and oxygen atoms in total. The number of anilines is 1. The number of nitrogens with zero attached hydrogens (tertiary/aromatic N) is 5. The number of fused-ring (bicyclic) bond motifs is 2. The number of alkyl halides is 3. The molecule has 2 fully saturated rings. The molecule has 2 aliphatic rings. The highest BCUT2D eigenvalue weighted by atomic mass is 35.5. The lowest BCUT2D eigenvalue weighted by Gasteiger charge is -2.25. The van der Waals surface area contributed by atoms with Gasteiger partial charge in [-0.05, 0) is 38.3 Å². The third-order valence-electron chi connectivity index (χ3n) is 7.32. The van der Waals surface area contributed by atoms with Crippen LogP contribution in [-0.2, 0) is 24.9 Å². The number of rotatable bonds is 6. The molecule has 1 aromatic carbocycles. The molecule has 0 spiro atoms. The number of nitrogens with one attached hydrogen (secondary N) is 1. The Kier molecular flexibility index (Phi) is 8.97. The van der Waals surface area contributed by atoms with E-state index in [2.05, 4.69) is 10.2 Å². The zero-order valence-corrected chi connectivity index (χ0v) is 23.9. The predicted octanol–water partition coefficient (Wildman–Crippen LogP) is 2.83. The van der Waals surface area contributed by atoms with E-state index in [9.17, 15) is 27.6 Å². The molecular formula is C27H30ClF3N6O5. The molecule has 2 aromatic heterocycles. The van der Waals surface area contributed by atoms with E-state index < -0.39 is 35.7 Å². The van der Waals surface area contributed by atoms with Gasteiger partial charge < -0.3 is 19.9 Å². The maximum absolute atomic E-state index is 13.7. The number of aryl methyl sites for hydroxylation is 1. The van der Waals surface area contributed by atoms with Gasteiger partial charge in [-0.3, -0.25) is 18.7 Å². The second-order valence-electron chi connectivity index (χ2n) is 10.4. The molecule has 5 rings (SSSR count). The first-order chi connectivity index (χ1) is 19.7. The fourth-order valence-electron chi connectivity index (χ4n) is 5.18. The Morgan fingerprint density at radius 2 is 1.83 bits per heavy atom. The van der Waals surface area contributed by atoms with Crippen LogP contribution in [0.2, 0.25) is 5.02 Å². The zero-order valence-electron chi connectivity index (χ0n) is 23.1. The smallest absolute Gasteiger partial charge is 0.475 e. The number of carboxylic acid groups (broad SMARTS) is 1. The average Bonchev–Trinajstić information content (AvgIpc) is 3.63. The Balaban J connectivity index is 0.000000517. The monoisotopic (exact) mass is 610 g/mol. The second-order valence-corrected chi connectivity index (χ2v) is 10.8. The molecule has 226 valence electrons. The van der Waals surface area contributed by atoms with E-state index in [4.69, 9.17) is 26.5 Å². The number of carboxylic acids is 1. The molecule has 2 N–H and O–H groups in total. The van der Waals surface area contributed by atoms with Crippen molar-refractivity contribution >= 4 is 40.5 Å². The van der Waals surface area contributed by atoms with Crippen molar-refractivity contribution < 1.29 is 27.9 Å². The first kappa shape index (κ1) is 31.0. The summed E-state index contributed by atoms with van der Waals surface area (Å²) >= 11 is 6.18. The number of ketones is 1. The summed E-state index contributed by atoms with van der Waals surface area (Å²) in [6.45, 7) is 6.75. The van der Waals surface area contributed by atoms with E-state index >= 15 is 0 Å². The quantitative estimate of drug-likeness (QED) is 0.322. The minimum absolute atomic E-state index is 0.277. The number of imidazole rings is 1. The molecule has 2 aliphatic heterocycles. The number of benzene rings is 1. The highest BCUT2D eigenvalue weighted by molar-refractivity contribution is 6.33. The maximum atomic E-state index is 13.7. The van der Waals surface area contributed by atoms with Gasteiger partial charge in [0, 0.05) is 44.8 Å². The SMILES string of the molecule is CC(C)=CCn1c(N2CCC3CNCC32)nc2c1c(=O)n(CC(=O)c1ccccc1Cl)c(=O)n2C.O=C(O)C(F)(F)F. The van der Waals surface area contributed by atoms with Crippen molar-refractivity contribution in [1.82, 2.24) is 24.0 Å². The van der Waals surface area contributed by atoms with Gasteiger partial charge in [-0.1, -0.05) is 35.4 Å². The zero-order chi connectivity index (χ0) is 30.9. The number of carbonyl (C=O) groups is 2. The van der Waals surface area contributed by atoms with Crippen LogP contribution in [0.4, 0.5) is 19.1 Å². The Hall–Kier alpha value is -3.91. The van der Waals surface area contributed by atoms with Gasteiger partial charge in [-0.2, -0.15) is 18.2 Å². The summed E-state index contributed by atoms with van der Waals surface area (Å²) in [7, 11) is 1.59. The summed E-state index contributed by atoms with van der Waals surface area (Å²) in [5, 5.41) is 10.9. The van der Waals surface area contributed by atoms with Crippen LogP contribution in [0.25, 0.3) is 11.2 Å². The van der Waals surface area contributed by atoms with Gasteiger partial charge in [-0.15, -0.1) is 0 Å². The van der Waals surface area contributed by atoms with E-state index in [1.54, 1.807) is 31.3 Å². The van der Waals surface area contributed by atoms with Gasteiger partial charge in [0.05, 0.1) is 11.6 Å². The lowest BCUT2D eigenvalue weighted by atomic mass is 10.1. The third-order valence-corrected chi connectivity index (χ3v) is 7.64.